The van der Waals surface area contributed by atoms with Crippen LogP contribution in [0, 0.1) is 10.8 Å². The molecule has 3 aliphatic carbocycles. The average molecular weight is 167 g/mol. The van der Waals surface area contributed by atoms with Crippen LogP contribution in [0.25, 0.3) is 0 Å². The summed E-state index contributed by atoms with van der Waals surface area (Å²) in [5.74, 6) is 0. The highest BCUT2D eigenvalue weighted by Gasteiger charge is 2.65. The highest BCUT2D eigenvalue weighted by atomic mass is 14.9. The Morgan fingerprint density at radius 1 is 1.17 bits per heavy atom. The molecule has 0 unspecified atom stereocenters. The Balaban J connectivity index is 1.72. The van der Waals surface area contributed by atoms with Gasteiger partial charge in [0.05, 0.1) is 0 Å². The van der Waals surface area contributed by atoms with Crippen molar-refractivity contribution in [3.63, 3.8) is 0 Å². The summed E-state index contributed by atoms with van der Waals surface area (Å²) in [6, 6.07) is 0. The zero-order chi connectivity index (χ0) is 8.66. The molecule has 0 heterocycles. The molecule has 1 heteroatoms. The lowest BCUT2D eigenvalue weighted by Gasteiger charge is -2.71. The second-order valence-electron chi connectivity index (χ2n) is 5.16. The van der Waals surface area contributed by atoms with Gasteiger partial charge in [-0.2, -0.15) is 0 Å². The van der Waals surface area contributed by atoms with Crippen LogP contribution in [0.15, 0.2) is 0 Å². The topological polar surface area (TPSA) is 12.0 Å². The summed E-state index contributed by atoms with van der Waals surface area (Å²) in [5, 5.41) is 3.32. The lowest BCUT2D eigenvalue weighted by atomic mass is 9.34. The van der Waals surface area contributed by atoms with E-state index in [1.54, 1.807) is 0 Å². The molecule has 3 saturated carbocycles. The first-order valence-electron chi connectivity index (χ1n) is 5.39. The van der Waals surface area contributed by atoms with Crippen LogP contribution >= 0.6 is 0 Å². The molecule has 0 aromatic heterocycles. The molecule has 0 aromatic rings. The highest BCUT2D eigenvalue weighted by molar-refractivity contribution is 5.17. The molecule has 0 radical (unpaired) electrons. The fraction of sp³-hybridized carbons (Fsp3) is 1.00. The molecule has 1 N–H and O–H groups in total. The first-order valence-corrected chi connectivity index (χ1v) is 5.39. The summed E-state index contributed by atoms with van der Waals surface area (Å²) in [4.78, 5) is 0. The van der Waals surface area contributed by atoms with Crippen molar-refractivity contribution < 1.29 is 0 Å². The molecule has 0 aliphatic heterocycles. The maximum Gasteiger partial charge on any atom is 0.000542 e. The second kappa shape index (κ2) is 2.73. The van der Waals surface area contributed by atoms with Gasteiger partial charge in [0.2, 0.25) is 0 Å². The molecule has 0 saturated heterocycles. The fourth-order valence-corrected chi connectivity index (χ4v) is 3.61. The lowest BCUT2D eigenvalue weighted by Crippen LogP contribution is -2.64. The van der Waals surface area contributed by atoms with Crippen LogP contribution in [0.1, 0.15) is 45.4 Å². The predicted molar refractivity (Wildman–Crippen MR) is 52.2 cm³/mol. The van der Waals surface area contributed by atoms with E-state index in [9.17, 15) is 0 Å². The molecule has 2 bridgehead atoms. The van der Waals surface area contributed by atoms with E-state index in [-0.39, 0.29) is 0 Å². The van der Waals surface area contributed by atoms with Gasteiger partial charge >= 0.3 is 0 Å². The lowest BCUT2D eigenvalue weighted by molar-refractivity contribution is -0.204. The molecule has 0 amide bonds. The van der Waals surface area contributed by atoms with E-state index >= 15 is 0 Å². The first-order chi connectivity index (χ1) is 5.74. The maximum absolute atomic E-state index is 3.32. The van der Waals surface area contributed by atoms with Gasteiger partial charge in [0.15, 0.2) is 0 Å². The van der Waals surface area contributed by atoms with E-state index in [1.165, 1.54) is 45.1 Å². The van der Waals surface area contributed by atoms with Crippen LogP contribution in [-0.4, -0.2) is 13.6 Å². The van der Waals surface area contributed by atoms with Gasteiger partial charge in [-0.05, 0) is 43.6 Å². The van der Waals surface area contributed by atoms with Gasteiger partial charge in [0.25, 0.3) is 0 Å². The summed E-state index contributed by atoms with van der Waals surface area (Å²) in [6.07, 6.45) is 8.92. The molecular formula is C11H21N. The molecular weight excluding hydrogens is 146 g/mol. The largest absolute Gasteiger partial charge is 0.319 e. The van der Waals surface area contributed by atoms with Crippen LogP contribution in [0.5, 0.6) is 0 Å². The molecule has 3 fully saturated rings. The van der Waals surface area contributed by atoms with Crippen LogP contribution in [0.3, 0.4) is 0 Å². The molecule has 3 rings (SSSR count). The average Bonchev–Trinajstić information content (AvgIpc) is 1.91. The summed E-state index contributed by atoms with van der Waals surface area (Å²) in [5.41, 5.74) is 1.61. The zero-order valence-corrected chi connectivity index (χ0v) is 8.45. The summed E-state index contributed by atoms with van der Waals surface area (Å²) in [7, 11) is 2.08. The highest BCUT2D eigenvalue weighted by Crippen LogP contribution is 2.74. The summed E-state index contributed by atoms with van der Waals surface area (Å²) < 4.78 is 0. The van der Waals surface area contributed by atoms with E-state index in [0.29, 0.717) is 0 Å². The number of rotatable bonds is 5. The molecule has 0 atom stereocenters. The predicted octanol–water partition coefficient (Wildman–Crippen LogP) is 2.57. The zero-order valence-electron chi connectivity index (χ0n) is 8.45. The van der Waals surface area contributed by atoms with Crippen LogP contribution < -0.4 is 5.32 Å². The summed E-state index contributed by atoms with van der Waals surface area (Å²) >= 11 is 0. The van der Waals surface area contributed by atoms with Crippen molar-refractivity contribution in [3.05, 3.63) is 0 Å². The number of hydrogen-bond donors (Lipinski definition) is 1. The van der Waals surface area contributed by atoms with Crippen molar-refractivity contribution in [3.8, 4) is 0 Å². The van der Waals surface area contributed by atoms with E-state index in [0.717, 1.165) is 10.8 Å². The van der Waals surface area contributed by atoms with Crippen molar-refractivity contribution >= 4 is 0 Å². The van der Waals surface area contributed by atoms with Gasteiger partial charge in [-0.25, -0.2) is 0 Å². The normalized spacial score (nSPS) is 43.5. The quantitative estimate of drug-likeness (QED) is 0.663. The Hall–Kier alpha value is -0.0400. The third-order valence-corrected chi connectivity index (χ3v) is 3.86. The van der Waals surface area contributed by atoms with Crippen molar-refractivity contribution in [2.45, 2.75) is 45.4 Å². The maximum atomic E-state index is 3.32. The monoisotopic (exact) mass is 167 g/mol. The Labute approximate surface area is 75.9 Å². The Bertz CT molecular complexity index is 154. The van der Waals surface area contributed by atoms with E-state index in [1.807, 2.05) is 0 Å². The third kappa shape index (κ3) is 1.10. The fourth-order valence-electron chi connectivity index (χ4n) is 3.61. The Morgan fingerprint density at radius 3 is 2.33 bits per heavy atom. The number of unbranched alkanes of at least 4 members (excludes halogenated alkanes) is 1. The Kier molecular flexibility index (Phi) is 1.95. The molecule has 0 aromatic carbocycles. The molecule has 0 spiro atoms. The smallest absolute Gasteiger partial charge is 0.000542 e. The molecule has 12 heavy (non-hydrogen) atoms. The van der Waals surface area contributed by atoms with E-state index in [4.69, 9.17) is 0 Å². The van der Waals surface area contributed by atoms with Gasteiger partial charge in [0, 0.05) is 6.54 Å². The van der Waals surface area contributed by atoms with Crippen molar-refractivity contribution in [2.75, 3.05) is 13.6 Å². The molecule has 70 valence electrons. The minimum absolute atomic E-state index is 0.766. The standard InChI is InChI=1S/C11H21N/c1-3-4-5-10-6-11(7-10,8-10)9-12-2/h12H,3-9H2,1-2H3. The Morgan fingerprint density at radius 2 is 1.83 bits per heavy atom. The second-order valence-corrected chi connectivity index (χ2v) is 5.16. The minimum atomic E-state index is 0.766. The SMILES string of the molecule is CCCCC12CC(CNC)(C1)C2. The number of nitrogens with one attached hydrogen (secondary N) is 1. The number of hydrogen-bond acceptors (Lipinski definition) is 1. The van der Waals surface area contributed by atoms with E-state index < -0.39 is 0 Å². The summed E-state index contributed by atoms with van der Waals surface area (Å²) in [6.45, 7) is 3.57. The van der Waals surface area contributed by atoms with Crippen LogP contribution in [-0.2, 0) is 0 Å². The van der Waals surface area contributed by atoms with Gasteiger partial charge in [-0.15, -0.1) is 0 Å². The van der Waals surface area contributed by atoms with Crippen molar-refractivity contribution in [1.82, 2.24) is 5.32 Å². The minimum Gasteiger partial charge on any atom is -0.319 e. The molecule has 1 nitrogen and oxygen atoms in total. The third-order valence-electron chi connectivity index (χ3n) is 3.86. The van der Waals surface area contributed by atoms with Crippen LogP contribution in [0.4, 0.5) is 0 Å². The van der Waals surface area contributed by atoms with Gasteiger partial charge in [-0.3, -0.25) is 0 Å². The van der Waals surface area contributed by atoms with Gasteiger partial charge < -0.3 is 5.32 Å². The van der Waals surface area contributed by atoms with Gasteiger partial charge in [0.1, 0.15) is 0 Å². The molecule has 3 aliphatic rings. The van der Waals surface area contributed by atoms with Crippen molar-refractivity contribution in [2.24, 2.45) is 10.8 Å². The first kappa shape index (κ1) is 8.55. The van der Waals surface area contributed by atoms with Gasteiger partial charge in [-0.1, -0.05) is 19.8 Å². The van der Waals surface area contributed by atoms with E-state index in [2.05, 4.69) is 19.3 Å². The van der Waals surface area contributed by atoms with Crippen molar-refractivity contribution in [1.29, 1.82) is 0 Å². The van der Waals surface area contributed by atoms with Crippen LogP contribution in [0.2, 0.25) is 0 Å².